The van der Waals surface area contributed by atoms with Gasteiger partial charge in [-0.2, -0.15) is 0 Å². The van der Waals surface area contributed by atoms with E-state index in [9.17, 15) is 0 Å². The van der Waals surface area contributed by atoms with Gasteiger partial charge in [-0.1, -0.05) is 32.9 Å². The van der Waals surface area contributed by atoms with Crippen molar-refractivity contribution in [2.24, 2.45) is 11.3 Å². The van der Waals surface area contributed by atoms with Gasteiger partial charge in [0.2, 0.25) is 0 Å². The monoisotopic (exact) mass is 282 g/mol. The Morgan fingerprint density at radius 3 is 2.71 bits per heavy atom. The van der Waals surface area contributed by atoms with Crippen molar-refractivity contribution in [1.82, 2.24) is 10.3 Å². The molecule has 0 bridgehead atoms. The number of pyridine rings is 1. The zero-order chi connectivity index (χ0) is 15.0. The van der Waals surface area contributed by atoms with Crippen molar-refractivity contribution in [1.29, 1.82) is 0 Å². The third-order valence-corrected chi connectivity index (χ3v) is 4.82. The predicted molar refractivity (Wildman–Crippen MR) is 89.4 cm³/mol. The zero-order valence-electron chi connectivity index (χ0n) is 13.6. The second kappa shape index (κ2) is 5.42. The van der Waals surface area contributed by atoms with Crippen molar-refractivity contribution in [2.45, 2.75) is 46.6 Å². The second-order valence-electron chi connectivity index (χ2n) is 7.14. The molecule has 21 heavy (non-hydrogen) atoms. The fraction of sp³-hybridized carbons (Fsp3) is 0.526. The molecule has 2 nitrogen and oxygen atoms in total. The third-order valence-electron chi connectivity index (χ3n) is 4.82. The van der Waals surface area contributed by atoms with E-state index in [2.05, 4.69) is 61.4 Å². The van der Waals surface area contributed by atoms with Crippen LogP contribution in [0.3, 0.4) is 0 Å². The molecule has 3 rings (SSSR count). The molecule has 0 saturated heterocycles. The van der Waals surface area contributed by atoms with Gasteiger partial charge in [0.1, 0.15) is 0 Å². The van der Waals surface area contributed by atoms with Gasteiger partial charge in [0.25, 0.3) is 0 Å². The summed E-state index contributed by atoms with van der Waals surface area (Å²) in [6.07, 6.45) is 2.50. The van der Waals surface area contributed by atoms with Crippen LogP contribution in [0, 0.1) is 18.3 Å². The molecule has 2 heteroatoms. The highest BCUT2D eigenvalue weighted by Gasteiger charge is 2.50. The van der Waals surface area contributed by atoms with Gasteiger partial charge < -0.3 is 5.32 Å². The van der Waals surface area contributed by atoms with Crippen molar-refractivity contribution in [2.75, 3.05) is 6.54 Å². The maximum Gasteiger partial charge on any atom is 0.0705 e. The minimum Gasteiger partial charge on any atom is -0.310 e. The van der Waals surface area contributed by atoms with Crippen LogP contribution in [0.5, 0.6) is 0 Å². The van der Waals surface area contributed by atoms with Gasteiger partial charge in [-0.25, -0.2) is 0 Å². The van der Waals surface area contributed by atoms with E-state index in [-0.39, 0.29) is 0 Å². The van der Waals surface area contributed by atoms with Crippen LogP contribution in [0.15, 0.2) is 30.3 Å². The Morgan fingerprint density at radius 1 is 1.29 bits per heavy atom. The Labute approximate surface area is 128 Å². The van der Waals surface area contributed by atoms with E-state index < -0.39 is 0 Å². The van der Waals surface area contributed by atoms with Gasteiger partial charge in [-0.15, -0.1) is 0 Å². The lowest BCUT2D eigenvalue weighted by Gasteiger charge is -2.21. The molecule has 2 atom stereocenters. The van der Waals surface area contributed by atoms with Gasteiger partial charge in [0, 0.05) is 17.1 Å². The minimum absolute atomic E-state index is 0.477. The fourth-order valence-electron chi connectivity index (χ4n) is 3.31. The Hall–Kier alpha value is -1.41. The summed E-state index contributed by atoms with van der Waals surface area (Å²) in [5.74, 6) is 0.750. The summed E-state index contributed by atoms with van der Waals surface area (Å²) in [6, 6.07) is 11.5. The molecule has 1 saturated carbocycles. The number of nitrogens with zero attached hydrogens (tertiary/aromatic N) is 1. The average molecular weight is 282 g/mol. The Kier molecular flexibility index (Phi) is 3.75. The second-order valence-corrected chi connectivity index (χ2v) is 7.14. The molecule has 2 aromatic rings. The van der Waals surface area contributed by atoms with Crippen LogP contribution in [0.25, 0.3) is 10.9 Å². The maximum absolute atomic E-state index is 4.61. The summed E-state index contributed by atoms with van der Waals surface area (Å²) in [5.41, 5.74) is 4.07. The normalized spacial score (nSPS) is 21.4. The zero-order valence-corrected chi connectivity index (χ0v) is 13.6. The highest BCUT2D eigenvalue weighted by atomic mass is 14.9. The summed E-state index contributed by atoms with van der Waals surface area (Å²) in [4.78, 5) is 4.61. The van der Waals surface area contributed by atoms with E-state index in [4.69, 9.17) is 0 Å². The smallest absolute Gasteiger partial charge is 0.0705 e. The van der Waals surface area contributed by atoms with Gasteiger partial charge in [0.05, 0.1) is 5.52 Å². The van der Waals surface area contributed by atoms with Crippen LogP contribution in [0.1, 0.15) is 50.9 Å². The molecule has 0 aliphatic heterocycles. The number of nitrogens with one attached hydrogen (secondary N) is 1. The summed E-state index contributed by atoms with van der Waals surface area (Å²) >= 11 is 0. The number of hydrogen-bond donors (Lipinski definition) is 1. The Morgan fingerprint density at radius 2 is 2.05 bits per heavy atom. The molecule has 1 aliphatic carbocycles. The van der Waals surface area contributed by atoms with Crippen LogP contribution in [-0.2, 0) is 0 Å². The number of benzene rings is 1. The van der Waals surface area contributed by atoms with Crippen molar-refractivity contribution >= 4 is 10.9 Å². The first-order valence-corrected chi connectivity index (χ1v) is 8.12. The van der Waals surface area contributed by atoms with Crippen molar-refractivity contribution in [3.63, 3.8) is 0 Å². The summed E-state index contributed by atoms with van der Waals surface area (Å²) in [6.45, 7) is 10.1. The van der Waals surface area contributed by atoms with Crippen LogP contribution >= 0.6 is 0 Å². The lowest BCUT2D eigenvalue weighted by molar-refractivity contribution is 0.416. The van der Waals surface area contributed by atoms with E-state index in [1.807, 2.05) is 6.92 Å². The molecule has 1 aliphatic rings. The van der Waals surface area contributed by atoms with E-state index >= 15 is 0 Å². The highest BCUT2D eigenvalue weighted by molar-refractivity contribution is 5.79. The molecule has 1 N–H and O–H groups in total. The quantitative estimate of drug-likeness (QED) is 0.865. The first-order valence-electron chi connectivity index (χ1n) is 8.12. The van der Waals surface area contributed by atoms with Crippen molar-refractivity contribution in [3.8, 4) is 0 Å². The van der Waals surface area contributed by atoms with E-state index in [0.29, 0.717) is 11.5 Å². The number of aryl methyl sites for hydroxylation is 1. The molecular formula is C19H26N2. The SMILES string of the molecule is CCCNC(c1ccc2nc(C)ccc2c1)C1CC1(C)C. The molecular weight excluding hydrogens is 256 g/mol. The van der Waals surface area contributed by atoms with Gasteiger partial charge in [-0.3, -0.25) is 4.98 Å². The van der Waals surface area contributed by atoms with Crippen LogP contribution in [-0.4, -0.2) is 11.5 Å². The number of aromatic nitrogens is 1. The Bertz CT molecular complexity index is 645. The number of rotatable bonds is 5. The average Bonchev–Trinajstić information content (AvgIpc) is 3.08. The van der Waals surface area contributed by atoms with Crippen molar-refractivity contribution < 1.29 is 0 Å². The lowest BCUT2D eigenvalue weighted by Crippen LogP contribution is -2.25. The predicted octanol–water partition coefficient (Wildman–Crippen LogP) is 4.63. The van der Waals surface area contributed by atoms with E-state index in [1.54, 1.807) is 0 Å². The van der Waals surface area contributed by atoms with Gasteiger partial charge in [0.15, 0.2) is 0 Å². The summed E-state index contributed by atoms with van der Waals surface area (Å²) in [7, 11) is 0. The molecule has 2 unspecified atom stereocenters. The lowest BCUT2D eigenvalue weighted by atomic mass is 9.95. The van der Waals surface area contributed by atoms with Gasteiger partial charge >= 0.3 is 0 Å². The molecule has 1 heterocycles. The first kappa shape index (κ1) is 14.5. The summed E-state index contributed by atoms with van der Waals surface area (Å²) in [5, 5.41) is 5.01. The molecule has 112 valence electrons. The van der Waals surface area contributed by atoms with E-state index in [1.165, 1.54) is 23.8 Å². The molecule has 1 fully saturated rings. The van der Waals surface area contributed by atoms with Crippen LogP contribution < -0.4 is 5.32 Å². The van der Waals surface area contributed by atoms with Crippen LogP contribution in [0.4, 0.5) is 0 Å². The fourth-order valence-corrected chi connectivity index (χ4v) is 3.31. The first-order chi connectivity index (χ1) is 10.0. The molecule has 0 amide bonds. The Balaban J connectivity index is 1.93. The van der Waals surface area contributed by atoms with Crippen molar-refractivity contribution in [3.05, 3.63) is 41.6 Å². The minimum atomic E-state index is 0.477. The summed E-state index contributed by atoms with van der Waals surface area (Å²) < 4.78 is 0. The number of hydrogen-bond acceptors (Lipinski definition) is 2. The van der Waals surface area contributed by atoms with Crippen LogP contribution in [0.2, 0.25) is 0 Å². The van der Waals surface area contributed by atoms with Gasteiger partial charge in [-0.05, 0) is 61.4 Å². The van der Waals surface area contributed by atoms with E-state index in [0.717, 1.165) is 23.7 Å². The maximum atomic E-state index is 4.61. The largest absolute Gasteiger partial charge is 0.310 e. The molecule has 1 aromatic carbocycles. The molecule has 0 spiro atoms. The highest BCUT2D eigenvalue weighted by Crippen LogP contribution is 2.57. The number of fused-ring (bicyclic) bond motifs is 1. The standard InChI is InChI=1S/C19H26N2/c1-5-10-20-18(16-12-19(16,3)4)15-8-9-17-14(11-15)7-6-13(2)21-17/h6-9,11,16,18,20H,5,10,12H2,1-4H3. The molecule has 0 radical (unpaired) electrons. The molecule has 1 aromatic heterocycles. The topological polar surface area (TPSA) is 24.9 Å². The third kappa shape index (κ3) is 2.96.